The third-order valence-corrected chi connectivity index (χ3v) is 6.08. The van der Waals surface area contributed by atoms with Crippen LogP contribution in [0.2, 0.25) is 0 Å². The fraction of sp³-hybridized carbons (Fsp3) is 0.474. The van der Waals surface area contributed by atoms with E-state index < -0.39 is 0 Å². The molecule has 0 radical (unpaired) electrons. The van der Waals surface area contributed by atoms with Crippen LogP contribution in [0.5, 0.6) is 0 Å². The summed E-state index contributed by atoms with van der Waals surface area (Å²) in [5, 5.41) is 10.6. The molecule has 0 aromatic carbocycles. The molecule has 3 rings (SSSR count). The second kappa shape index (κ2) is 8.04. The van der Waals surface area contributed by atoms with Gasteiger partial charge in [-0.2, -0.15) is 5.26 Å². The minimum atomic E-state index is -0.221. The van der Waals surface area contributed by atoms with E-state index in [1.807, 2.05) is 11.8 Å². The van der Waals surface area contributed by atoms with Crippen LogP contribution in [0.25, 0.3) is 0 Å². The van der Waals surface area contributed by atoms with Crippen molar-refractivity contribution in [1.82, 2.24) is 0 Å². The lowest BCUT2D eigenvalue weighted by Gasteiger charge is -2.15. The van der Waals surface area contributed by atoms with Crippen molar-refractivity contribution >= 4 is 29.1 Å². The summed E-state index contributed by atoms with van der Waals surface area (Å²) in [6, 6.07) is 2.02. The summed E-state index contributed by atoms with van der Waals surface area (Å²) in [5.74, 6) is 0. The number of nitrogens with zero attached hydrogens (tertiary/aromatic N) is 2. The van der Waals surface area contributed by atoms with Gasteiger partial charge >= 0.3 is 0 Å². The van der Waals surface area contributed by atoms with Gasteiger partial charge in [-0.15, -0.1) is 11.8 Å². The van der Waals surface area contributed by atoms with Crippen LogP contribution >= 0.6 is 23.4 Å². The van der Waals surface area contributed by atoms with Gasteiger partial charge in [-0.05, 0) is 50.2 Å². The van der Waals surface area contributed by atoms with E-state index in [0.717, 1.165) is 42.8 Å². The molecule has 0 fully saturated rings. The molecule has 3 aliphatic rings. The van der Waals surface area contributed by atoms with E-state index in [9.17, 15) is 0 Å². The van der Waals surface area contributed by atoms with Crippen molar-refractivity contribution < 1.29 is 0 Å². The Kier molecular flexibility index (Phi) is 5.80. The molecule has 120 valence electrons. The Hall–Kier alpha value is -1.24. The Morgan fingerprint density at radius 2 is 2.17 bits per heavy atom. The van der Waals surface area contributed by atoms with E-state index in [1.54, 1.807) is 0 Å². The lowest BCUT2D eigenvalue weighted by molar-refractivity contribution is 0.740. The summed E-state index contributed by atoms with van der Waals surface area (Å²) < 4.78 is 0. The van der Waals surface area contributed by atoms with Gasteiger partial charge in [0, 0.05) is 21.6 Å². The molecule has 0 aromatic heterocycles. The maximum Gasteiger partial charge on any atom is 0.140 e. The van der Waals surface area contributed by atoms with Crippen molar-refractivity contribution in [3.8, 4) is 6.07 Å². The predicted molar refractivity (Wildman–Crippen MR) is 99.8 cm³/mol. The molecule has 0 saturated heterocycles. The van der Waals surface area contributed by atoms with E-state index in [1.165, 1.54) is 23.3 Å². The maximum atomic E-state index is 9.05. The van der Waals surface area contributed by atoms with Crippen molar-refractivity contribution in [3.63, 3.8) is 0 Å². The normalized spacial score (nSPS) is 28.0. The first-order valence-electron chi connectivity index (χ1n) is 8.31. The van der Waals surface area contributed by atoms with Crippen LogP contribution in [-0.4, -0.2) is 17.0 Å². The second-order valence-corrected chi connectivity index (χ2v) is 7.92. The molecule has 0 N–H and O–H groups in total. The van der Waals surface area contributed by atoms with E-state index in [-0.39, 0.29) is 6.04 Å². The van der Waals surface area contributed by atoms with Gasteiger partial charge in [0.25, 0.3) is 0 Å². The fourth-order valence-electron chi connectivity index (χ4n) is 3.05. The highest BCUT2D eigenvalue weighted by Crippen LogP contribution is 2.39. The van der Waals surface area contributed by atoms with Crippen molar-refractivity contribution in [2.75, 3.05) is 0 Å². The average Bonchev–Trinajstić information content (AvgIpc) is 3.03. The second-order valence-electron chi connectivity index (χ2n) is 6.12. The van der Waals surface area contributed by atoms with Gasteiger partial charge in [0.2, 0.25) is 0 Å². The Bertz CT molecular complexity index is 649. The molecular weight excluding hydrogens is 324 g/mol. The average molecular weight is 345 g/mol. The quantitative estimate of drug-likeness (QED) is 0.660. The summed E-state index contributed by atoms with van der Waals surface area (Å²) >= 11 is 8.37. The Morgan fingerprint density at radius 1 is 1.26 bits per heavy atom. The zero-order valence-electron chi connectivity index (χ0n) is 13.2. The monoisotopic (exact) mass is 344 g/mol. The molecule has 4 heteroatoms. The Labute approximate surface area is 147 Å². The molecule has 0 spiro atoms. The smallest absolute Gasteiger partial charge is 0.140 e. The molecular formula is C19H21ClN2S. The summed E-state index contributed by atoms with van der Waals surface area (Å²) in [4.78, 5) is 5.75. The third-order valence-electron chi connectivity index (χ3n) is 4.32. The Morgan fingerprint density at radius 3 is 3.04 bits per heavy atom. The maximum absolute atomic E-state index is 9.05. The van der Waals surface area contributed by atoms with Gasteiger partial charge in [0.05, 0.1) is 11.8 Å². The number of allylic oxidation sites excluding steroid dienone is 7. The van der Waals surface area contributed by atoms with E-state index in [2.05, 4.69) is 41.4 Å². The van der Waals surface area contributed by atoms with Crippen LogP contribution in [0.4, 0.5) is 0 Å². The molecule has 0 aromatic rings. The fourth-order valence-corrected chi connectivity index (χ4v) is 4.57. The molecule has 2 unspecified atom stereocenters. The number of hydrogen-bond donors (Lipinski definition) is 0. The van der Waals surface area contributed by atoms with Crippen molar-refractivity contribution in [3.05, 3.63) is 45.9 Å². The largest absolute Gasteiger partial charge is 0.265 e. The number of hydrogen-bond acceptors (Lipinski definition) is 3. The van der Waals surface area contributed by atoms with E-state index >= 15 is 0 Å². The zero-order chi connectivity index (χ0) is 16.1. The number of thioether (sulfide) groups is 1. The highest BCUT2D eigenvalue weighted by molar-refractivity contribution is 8.04. The van der Waals surface area contributed by atoms with Crippen LogP contribution in [0.15, 0.2) is 50.9 Å². The molecule has 2 aliphatic heterocycles. The van der Waals surface area contributed by atoms with Gasteiger partial charge in [-0.1, -0.05) is 35.9 Å². The molecule has 1 aliphatic carbocycles. The SMILES string of the molecule is N#CC1CC=CC(C2=CCC(CC3=C(Cl)CCCCC=C3)S2)=N1. The Balaban J connectivity index is 1.63. The van der Waals surface area contributed by atoms with E-state index in [4.69, 9.17) is 16.9 Å². The predicted octanol–water partition coefficient (Wildman–Crippen LogP) is 5.68. The third kappa shape index (κ3) is 4.40. The molecule has 2 atom stereocenters. The molecule has 0 bridgehead atoms. The lowest BCUT2D eigenvalue weighted by Crippen LogP contribution is -2.10. The first-order valence-corrected chi connectivity index (χ1v) is 9.57. The number of nitriles is 1. The molecule has 0 saturated carbocycles. The van der Waals surface area contributed by atoms with Crippen LogP contribution in [-0.2, 0) is 0 Å². The first-order chi connectivity index (χ1) is 11.3. The van der Waals surface area contributed by atoms with Gasteiger partial charge in [0.1, 0.15) is 6.04 Å². The van der Waals surface area contributed by atoms with Crippen LogP contribution in [0, 0.1) is 11.3 Å². The molecule has 2 nitrogen and oxygen atoms in total. The minimum absolute atomic E-state index is 0.221. The highest BCUT2D eigenvalue weighted by Gasteiger charge is 2.23. The molecule has 23 heavy (non-hydrogen) atoms. The summed E-state index contributed by atoms with van der Waals surface area (Å²) in [6.45, 7) is 0. The molecule has 0 amide bonds. The standard InChI is InChI=1S/C19H21ClN2S/c20-17-8-4-2-1-3-6-14(17)12-16-10-11-19(23-16)18-9-5-7-15(13-21)22-18/h3,5-6,9,11,15-16H,1-2,4,7-8,10,12H2. The van der Waals surface area contributed by atoms with Crippen LogP contribution < -0.4 is 0 Å². The van der Waals surface area contributed by atoms with Gasteiger partial charge in [-0.25, -0.2) is 0 Å². The molecule has 2 heterocycles. The van der Waals surface area contributed by atoms with E-state index in [0.29, 0.717) is 5.25 Å². The zero-order valence-corrected chi connectivity index (χ0v) is 14.7. The van der Waals surface area contributed by atoms with Gasteiger partial charge in [0.15, 0.2) is 0 Å². The van der Waals surface area contributed by atoms with Crippen molar-refractivity contribution in [2.45, 2.75) is 56.2 Å². The van der Waals surface area contributed by atoms with Crippen LogP contribution in [0.3, 0.4) is 0 Å². The topological polar surface area (TPSA) is 36.1 Å². The number of halogens is 1. The highest BCUT2D eigenvalue weighted by atomic mass is 35.5. The summed E-state index contributed by atoms with van der Waals surface area (Å²) in [7, 11) is 0. The van der Waals surface area contributed by atoms with Gasteiger partial charge in [-0.3, -0.25) is 4.99 Å². The van der Waals surface area contributed by atoms with Crippen LogP contribution in [0.1, 0.15) is 44.9 Å². The van der Waals surface area contributed by atoms with Gasteiger partial charge < -0.3 is 0 Å². The number of rotatable bonds is 3. The number of dihydropyridines is 1. The lowest BCUT2D eigenvalue weighted by atomic mass is 10.0. The first kappa shape index (κ1) is 16.6. The number of aliphatic imine (C=N–C) groups is 1. The summed E-state index contributed by atoms with van der Waals surface area (Å²) in [6.07, 6.45) is 18.2. The van der Waals surface area contributed by atoms with Crippen molar-refractivity contribution in [2.24, 2.45) is 4.99 Å². The van der Waals surface area contributed by atoms with Crippen molar-refractivity contribution in [1.29, 1.82) is 5.26 Å². The summed E-state index contributed by atoms with van der Waals surface area (Å²) in [5.41, 5.74) is 2.28. The minimum Gasteiger partial charge on any atom is -0.265 e.